The van der Waals surface area contributed by atoms with E-state index >= 15 is 0 Å². The molecule has 0 spiro atoms. The minimum atomic E-state index is -0.876. The molecule has 0 aliphatic carbocycles. The second-order valence-electron chi connectivity index (χ2n) is 9.06. The highest BCUT2D eigenvalue weighted by atomic mass is 79.9. The molecule has 0 saturated carbocycles. The Morgan fingerprint density at radius 1 is 0.950 bits per heavy atom. The first-order valence-corrected chi connectivity index (χ1v) is 13.6. The van der Waals surface area contributed by atoms with Crippen LogP contribution in [0.15, 0.2) is 64.2 Å². The van der Waals surface area contributed by atoms with E-state index in [9.17, 15) is 14.4 Å². The van der Waals surface area contributed by atoms with E-state index in [1.54, 1.807) is 12.1 Å². The quantitative estimate of drug-likeness (QED) is 0.167. The van der Waals surface area contributed by atoms with Gasteiger partial charge in [-0.3, -0.25) is 14.4 Å². The van der Waals surface area contributed by atoms with Gasteiger partial charge in [0.05, 0.1) is 17.3 Å². The van der Waals surface area contributed by atoms with E-state index in [4.69, 9.17) is 9.47 Å². The van der Waals surface area contributed by atoms with Gasteiger partial charge in [-0.15, -0.1) is 0 Å². The standard InChI is InChI=1S/C30H33BrN4O5/c1-5-39-25-16-23(17-33-35-30(38)29(37)32-12-11-22-9-7-6-8-10-22)15-24(31)28(25)40-18-26(36)34-27-20(3)13-19(2)14-21(27)4/h6-10,13-17H,5,11-12,18H2,1-4H3,(H,32,37)(H,34,36)(H,35,38)/b33-17+. The molecule has 0 heterocycles. The molecule has 3 aromatic carbocycles. The SMILES string of the molecule is CCOc1cc(/C=N/NC(=O)C(=O)NCCc2ccccc2)cc(Br)c1OCC(=O)Nc1c(C)cc(C)cc1C. The predicted molar refractivity (Wildman–Crippen MR) is 159 cm³/mol. The Hall–Kier alpha value is -4.18. The Kier molecular flexibility index (Phi) is 11.3. The number of hydrazone groups is 1. The molecule has 0 atom stereocenters. The number of hydrogen-bond acceptors (Lipinski definition) is 6. The van der Waals surface area contributed by atoms with E-state index in [-0.39, 0.29) is 12.5 Å². The Balaban J connectivity index is 1.57. The van der Waals surface area contributed by atoms with E-state index in [0.717, 1.165) is 27.9 Å². The second-order valence-corrected chi connectivity index (χ2v) is 9.92. The molecule has 0 saturated heterocycles. The van der Waals surface area contributed by atoms with Gasteiger partial charge in [0.2, 0.25) is 0 Å². The lowest BCUT2D eigenvalue weighted by molar-refractivity contribution is -0.139. The van der Waals surface area contributed by atoms with Crippen molar-refractivity contribution in [1.29, 1.82) is 0 Å². The van der Waals surface area contributed by atoms with Gasteiger partial charge in [-0.25, -0.2) is 5.43 Å². The average Bonchev–Trinajstić information content (AvgIpc) is 2.91. The van der Waals surface area contributed by atoms with Crippen molar-refractivity contribution in [2.45, 2.75) is 34.1 Å². The van der Waals surface area contributed by atoms with Crippen LogP contribution in [0.3, 0.4) is 0 Å². The number of ether oxygens (including phenoxy) is 2. The number of carbonyl (C=O) groups excluding carboxylic acids is 3. The largest absolute Gasteiger partial charge is 0.490 e. The molecule has 0 aromatic heterocycles. The summed E-state index contributed by atoms with van der Waals surface area (Å²) in [5, 5.41) is 9.36. The zero-order chi connectivity index (χ0) is 29.1. The number of benzene rings is 3. The highest BCUT2D eigenvalue weighted by molar-refractivity contribution is 9.10. The van der Waals surface area contributed by atoms with Crippen molar-refractivity contribution in [2.24, 2.45) is 5.10 Å². The van der Waals surface area contributed by atoms with Gasteiger partial charge >= 0.3 is 11.8 Å². The lowest BCUT2D eigenvalue weighted by atomic mass is 10.1. The zero-order valence-corrected chi connectivity index (χ0v) is 24.6. The Labute approximate surface area is 242 Å². The molecular weight excluding hydrogens is 576 g/mol. The molecule has 3 amide bonds. The van der Waals surface area contributed by atoms with E-state index in [2.05, 4.69) is 37.1 Å². The molecule has 9 nitrogen and oxygen atoms in total. The van der Waals surface area contributed by atoms with Crippen LogP contribution in [-0.4, -0.2) is 43.7 Å². The maximum absolute atomic E-state index is 12.6. The second kappa shape index (κ2) is 14.8. The normalized spacial score (nSPS) is 10.7. The summed E-state index contributed by atoms with van der Waals surface area (Å²) >= 11 is 3.46. The van der Waals surface area contributed by atoms with E-state index < -0.39 is 11.8 Å². The van der Waals surface area contributed by atoms with Crippen LogP contribution in [0.25, 0.3) is 0 Å². The minimum absolute atomic E-state index is 0.228. The van der Waals surface area contributed by atoms with Gasteiger partial charge in [0.1, 0.15) is 0 Å². The number of halogens is 1. The Bertz CT molecular complexity index is 1370. The van der Waals surface area contributed by atoms with Crippen LogP contribution >= 0.6 is 15.9 Å². The molecule has 0 bridgehead atoms. The first-order valence-electron chi connectivity index (χ1n) is 12.8. The summed E-state index contributed by atoms with van der Waals surface area (Å²) in [6.07, 6.45) is 1.99. The summed E-state index contributed by atoms with van der Waals surface area (Å²) in [6, 6.07) is 17.0. The van der Waals surface area contributed by atoms with Crippen molar-refractivity contribution in [3.05, 3.63) is 86.9 Å². The minimum Gasteiger partial charge on any atom is -0.490 e. The fraction of sp³-hybridized carbons (Fsp3) is 0.267. The maximum Gasteiger partial charge on any atom is 0.329 e. The number of rotatable bonds is 11. The molecule has 10 heteroatoms. The summed E-state index contributed by atoms with van der Waals surface area (Å²) in [5.74, 6) is -1.22. The van der Waals surface area contributed by atoms with Gasteiger partial charge in [0.15, 0.2) is 18.1 Å². The van der Waals surface area contributed by atoms with E-state index in [0.29, 0.717) is 41.1 Å². The number of carbonyl (C=O) groups is 3. The zero-order valence-electron chi connectivity index (χ0n) is 23.0. The number of nitrogens with one attached hydrogen (secondary N) is 3. The van der Waals surface area contributed by atoms with Crippen LogP contribution in [0.5, 0.6) is 11.5 Å². The molecular formula is C30H33BrN4O5. The van der Waals surface area contributed by atoms with Crippen molar-refractivity contribution < 1.29 is 23.9 Å². The topological polar surface area (TPSA) is 118 Å². The molecule has 0 radical (unpaired) electrons. The van der Waals surface area contributed by atoms with Crippen molar-refractivity contribution in [2.75, 3.05) is 25.1 Å². The monoisotopic (exact) mass is 608 g/mol. The summed E-state index contributed by atoms with van der Waals surface area (Å²) in [7, 11) is 0. The van der Waals surface area contributed by atoms with Gasteiger partial charge in [0.25, 0.3) is 5.91 Å². The number of anilines is 1. The lowest BCUT2D eigenvalue weighted by Crippen LogP contribution is -2.38. The van der Waals surface area contributed by atoms with Crippen LogP contribution in [0.4, 0.5) is 5.69 Å². The molecule has 3 aromatic rings. The third-order valence-electron chi connectivity index (χ3n) is 5.75. The molecule has 40 heavy (non-hydrogen) atoms. The van der Waals surface area contributed by atoms with Crippen LogP contribution in [0.1, 0.15) is 34.7 Å². The predicted octanol–water partition coefficient (Wildman–Crippen LogP) is 4.60. The average molecular weight is 610 g/mol. The Morgan fingerprint density at radius 3 is 2.33 bits per heavy atom. The third kappa shape index (κ3) is 8.94. The Morgan fingerprint density at radius 2 is 1.65 bits per heavy atom. The van der Waals surface area contributed by atoms with Crippen molar-refractivity contribution in [1.82, 2.24) is 10.7 Å². The number of nitrogens with zero attached hydrogens (tertiary/aromatic N) is 1. The summed E-state index contributed by atoms with van der Waals surface area (Å²) in [6.45, 7) is 8.18. The van der Waals surface area contributed by atoms with Crippen LogP contribution in [-0.2, 0) is 20.8 Å². The van der Waals surface area contributed by atoms with Crippen molar-refractivity contribution in [3.8, 4) is 11.5 Å². The van der Waals surface area contributed by atoms with Crippen molar-refractivity contribution in [3.63, 3.8) is 0 Å². The van der Waals surface area contributed by atoms with Crippen LogP contribution in [0, 0.1) is 20.8 Å². The number of amides is 3. The molecule has 0 unspecified atom stereocenters. The molecule has 210 valence electrons. The fourth-order valence-electron chi connectivity index (χ4n) is 4.02. The van der Waals surface area contributed by atoms with Gasteiger partial charge < -0.3 is 20.1 Å². The summed E-state index contributed by atoms with van der Waals surface area (Å²) in [5.41, 5.74) is 7.69. The van der Waals surface area contributed by atoms with Crippen molar-refractivity contribution >= 4 is 45.6 Å². The molecule has 0 aliphatic rings. The molecule has 3 N–H and O–H groups in total. The van der Waals surface area contributed by atoms with E-state index in [1.165, 1.54) is 6.21 Å². The van der Waals surface area contributed by atoms with E-state index in [1.807, 2.05) is 70.2 Å². The lowest BCUT2D eigenvalue weighted by Gasteiger charge is -2.16. The highest BCUT2D eigenvalue weighted by Gasteiger charge is 2.16. The molecule has 0 aliphatic heterocycles. The first kappa shape index (κ1) is 30.4. The third-order valence-corrected chi connectivity index (χ3v) is 6.34. The van der Waals surface area contributed by atoms with Gasteiger partial charge in [-0.2, -0.15) is 5.10 Å². The van der Waals surface area contributed by atoms with Crippen LogP contribution < -0.4 is 25.5 Å². The van der Waals surface area contributed by atoms with Crippen LogP contribution in [0.2, 0.25) is 0 Å². The molecule has 0 fully saturated rings. The molecule has 3 rings (SSSR count). The number of hydrogen-bond donors (Lipinski definition) is 3. The summed E-state index contributed by atoms with van der Waals surface area (Å²) in [4.78, 5) is 36.7. The summed E-state index contributed by atoms with van der Waals surface area (Å²) < 4.78 is 12.0. The first-order chi connectivity index (χ1) is 19.2. The maximum atomic E-state index is 12.6. The van der Waals surface area contributed by atoms with Gasteiger partial charge in [-0.1, -0.05) is 48.0 Å². The highest BCUT2D eigenvalue weighted by Crippen LogP contribution is 2.36. The number of aryl methyl sites for hydroxylation is 3. The van der Waals surface area contributed by atoms with Gasteiger partial charge in [0, 0.05) is 12.2 Å². The fourth-order valence-corrected chi connectivity index (χ4v) is 4.59. The van der Waals surface area contributed by atoms with Gasteiger partial charge in [-0.05, 0) is 84.4 Å². The smallest absolute Gasteiger partial charge is 0.329 e.